The third-order valence-electron chi connectivity index (χ3n) is 4.11. The van der Waals surface area contributed by atoms with Crippen LogP contribution in [0.3, 0.4) is 0 Å². The molecule has 7 nitrogen and oxygen atoms in total. The summed E-state index contributed by atoms with van der Waals surface area (Å²) < 4.78 is 11.0. The van der Waals surface area contributed by atoms with Crippen molar-refractivity contribution in [2.24, 2.45) is 0 Å². The molecule has 2 aromatic rings. The molecule has 0 unspecified atom stereocenters. The van der Waals surface area contributed by atoms with Gasteiger partial charge in [-0.15, -0.1) is 0 Å². The highest BCUT2D eigenvalue weighted by Crippen LogP contribution is 2.25. The van der Waals surface area contributed by atoms with Gasteiger partial charge in [0.05, 0.1) is 12.5 Å². The topological polar surface area (TPSA) is 80.5 Å². The maximum absolute atomic E-state index is 11.8. The van der Waals surface area contributed by atoms with Crippen LogP contribution in [-0.2, 0) is 6.42 Å². The Morgan fingerprint density at radius 2 is 2.28 bits per heavy atom. The first-order chi connectivity index (χ1) is 12.2. The number of amides is 2. The van der Waals surface area contributed by atoms with Crippen LogP contribution in [0.15, 0.2) is 28.8 Å². The normalized spacial score (nSPS) is 14.2. The van der Waals surface area contributed by atoms with Gasteiger partial charge in [0.25, 0.3) is 0 Å². The van der Waals surface area contributed by atoms with Crippen molar-refractivity contribution >= 4 is 6.03 Å². The summed E-state index contributed by atoms with van der Waals surface area (Å²) in [6.45, 7) is 6.50. The van der Waals surface area contributed by atoms with Gasteiger partial charge < -0.3 is 19.5 Å². The van der Waals surface area contributed by atoms with Crippen molar-refractivity contribution in [1.29, 1.82) is 0 Å². The van der Waals surface area contributed by atoms with E-state index in [-0.39, 0.29) is 11.9 Å². The number of ether oxygens (including phenoxy) is 1. The monoisotopic (exact) mass is 344 g/mol. The van der Waals surface area contributed by atoms with E-state index >= 15 is 0 Å². The van der Waals surface area contributed by atoms with E-state index in [0.717, 1.165) is 17.7 Å². The fourth-order valence-corrected chi connectivity index (χ4v) is 2.64. The number of nitrogens with zero attached hydrogens (tertiary/aromatic N) is 3. The highest BCUT2D eigenvalue weighted by molar-refractivity contribution is 5.75. The van der Waals surface area contributed by atoms with E-state index in [4.69, 9.17) is 9.26 Å². The van der Waals surface area contributed by atoms with E-state index in [1.807, 2.05) is 38.1 Å². The van der Waals surface area contributed by atoms with Crippen LogP contribution in [0.1, 0.15) is 36.5 Å². The van der Waals surface area contributed by atoms with Crippen LogP contribution < -0.4 is 10.1 Å². The highest BCUT2D eigenvalue weighted by Gasteiger charge is 2.35. The highest BCUT2D eigenvalue weighted by atomic mass is 16.5. The van der Waals surface area contributed by atoms with Crippen molar-refractivity contribution in [2.45, 2.75) is 32.6 Å². The molecule has 2 amide bonds. The number of hydrogen-bond acceptors (Lipinski definition) is 5. The van der Waals surface area contributed by atoms with Crippen LogP contribution in [0.2, 0.25) is 0 Å². The Labute approximate surface area is 147 Å². The summed E-state index contributed by atoms with van der Waals surface area (Å²) >= 11 is 0. The zero-order valence-electron chi connectivity index (χ0n) is 14.7. The average molecular weight is 344 g/mol. The second-order valence-corrected chi connectivity index (χ2v) is 6.30. The quantitative estimate of drug-likeness (QED) is 0.835. The summed E-state index contributed by atoms with van der Waals surface area (Å²) in [6, 6.07) is 7.90. The van der Waals surface area contributed by atoms with Gasteiger partial charge in [-0.2, -0.15) is 4.98 Å². The molecule has 3 rings (SSSR count). The largest absolute Gasteiger partial charge is 0.493 e. The van der Waals surface area contributed by atoms with Crippen LogP contribution in [0.5, 0.6) is 5.75 Å². The van der Waals surface area contributed by atoms with E-state index < -0.39 is 0 Å². The van der Waals surface area contributed by atoms with Crippen LogP contribution in [0.4, 0.5) is 4.79 Å². The molecule has 1 saturated heterocycles. The smallest absolute Gasteiger partial charge is 0.317 e. The fourth-order valence-electron chi connectivity index (χ4n) is 2.64. The van der Waals surface area contributed by atoms with Gasteiger partial charge in [0.1, 0.15) is 5.75 Å². The standard InChI is InChI=1S/C18H24N4O3/c1-3-8-19-18(23)22-11-14(12-22)17-20-16(21-25-17)7-9-24-15-6-4-5-13(2)10-15/h4-6,10,14H,3,7-9,11-12H2,1-2H3,(H,19,23). The molecule has 25 heavy (non-hydrogen) atoms. The molecule has 1 aromatic heterocycles. The molecule has 1 aliphatic heterocycles. The number of carbonyl (C=O) groups excluding carboxylic acids is 1. The third-order valence-corrected chi connectivity index (χ3v) is 4.11. The predicted molar refractivity (Wildman–Crippen MR) is 92.7 cm³/mol. The molecule has 0 bridgehead atoms. The zero-order valence-corrected chi connectivity index (χ0v) is 14.7. The van der Waals surface area contributed by atoms with Gasteiger partial charge >= 0.3 is 6.03 Å². The van der Waals surface area contributed by atoms with Gasteiger partial charge in [0.2, 0.25) is 5.89 Å². The van der Waals surface area contributed by atoms with E-state index in [0.29, 0.717) is 44.4 Å². The van der Waals surface area contributed by atoms with Crippen LogP contribution in [-0.4, -0.2) is 47.3 Å². The number of aromatic nitrogens is 2. The lowest BCUT2D eigenvalue weighted by Gasteiger charge is -2.36. The van der Waals surface area contributed by atoms with Crippen molar-refractivity contribution in [3.05, 3.63) is 41.5 Å². The fraction of sp³-hybridized carbons (Fsp3) is 0.500. The molecule has 0 saturated carbocycles. The first-order valence-corrected chi connectivity index (χ1v) is 8.70. The first-order valence-electron chi connectivity index (χ1n) is 8.70. The summed E-state index contributed by atoms with van der Waals surface area (Å²) in [6.07, 6.45) is 1.52. The van der Waals surface area contributed by atoms with E-state index in [1.165, 1.54) is 0 Å². The second kappa shape index (κ2) is 8.00. The molecule has 1 fully saturated rings. The first kappa shape index (κ1) is 17.3. The summed E-state index contributed by atoms with van der Waals surface area (Å²) in [4.78, 5) is 18.0. The van der Waals surface area contributed by atoms with Gasteiger partial charge in [-0.05, 0) is 31.0 Å². The van der Waals surface area contributed by atoms with Gasteiger partial charge in [0.15, 0.2) is 5.82 Å². The second-order valence-electron chi connectivity index (χ2n) is 6.30. The lowest BCUT2D eigenvalue weighted by atomic mass is 10.0. The maximum Gasteiger partial charge on any atom is 0.317 e. The lowest BCUT2D eigenvalue weighted by Crippen LogP contribution is -2.52. The van der Waals surface area contributed by atoms with Crippen molar-refractivity contribution in [2.75, 3.05) is 26.2 Å². The van der Waals surface area contributed by atoms with Crippen molar-refractivity contribution in [1.82, 2.24) is 20.4 Å². The van der Waals surface area contributed by atoms with Gasteiger partial charge in [0, 0.05) is 26.1 Å². The minimum absolute atomic E-state index is 0.0237. The number of nitrogens with one attached hydrogen (secondary N) is 1. The molecule has 0 radical (unpaired) electrons. The Kier molecular flexibility index (Phi) is 5.53. The van der Waals surface area contributed by atoms with Crippen LogP contribution in [0.25, 0.3) is 0 Å². The SMILES string of the molecule is CCCNC(=O)N1CC(c2nc(CCOc3cccc(C)c3)no2)C1. The molecule has 2 heterocycles. The summed E-state index contributed by atoms with van der Waals surface area (Å²) in [5.74, 6) is 2.21. The van der Waals surface area contributed by atoms with Gasteiger partial charge in [-0.3, -0.25) is 0 Å². The van der Waals surface area contributed by atoms with E-state index in [2.05, 4.69) is 15.5 Å². The van der Waals surface area contributed by atoms with Crippen LogP contribution in [0, 0.1) is 6.92 Å². The molecular formula is C18H24N4O3. The Hall–Kier alpha value is -2.57. The molecule has 1 aliphatic rings. The number of rotatable bonds is 7. The summed E-state index contributed by atoms with van der Waals surface area (Å²) in [5.41, 5.74) is 1.16. The Morgan fingerprint density at radius 1 is 1.44 bits per heavy atom. The summed E-state index contributed by atoms with van der Waals surface area (Å²) in [7, 11) is 0. The predicted octanol–water partition coefficient (Wildman–Crippen LogP) is 2.52. The molecule has 1 aromatic carbocycles. The molecule has 0 atom stereocenters. The third kappa shape index (κ3) is 4.49. The number of aryl methyl sites for hydroxylation is 1. The van der Waals surface area contributed by atoms with Crippen molar-refractivity contribution in [3.63, 3.8) is 0 Å². The molecule has 1 N–H and O–H groups in total. The Balaban J connectivity index is 1.42. The summed E-state index contributed by atoms with van der Waals surface area (Å²) in [5, 5.41) is 6.86. The van der Waals surface area contributed by atoms with E-state index in [9.17, 15) is 4.79 Å². The Bertz CT molecular complexity index is 710. The molecule has 0 spiro atoms. The zero-order chi connectivity index (χ0) is 17.6. The Morgan fingerprint density at radius 3 is 3.04 bits per heavy atom. The number of likely N-dealkylation sites (tertiary alicyclic amines) is 1. The van der Waals surface area contributed by atoms with Gasteiger partial charge in [-0.1, -0.05) is 24.2 Å². The molecule has 7 heteroatoms. The number of urea groups is 1. The number of carbonyl (C=O) groups is 1. The van der Waals surface area contributed by atoms with Crippen molar-refractivity contribution < 1.29 is 14.1 Å². The molecular weight excluding hydrogens is 320 g/mol. The van der Waals surface area contributed by atoms with Crippen molar-refractivity contribution in [3.8, 4) is 5.75 Å². The minimum Gasteiger partial charge on any atom is -0.493 e. The minimum atomic E-state index is -0.0237. The van der Waals surface area contributed by atoms with Gasteiger partial charge in [-0.25, -0.2) is 4.79 Å². The number of benzene rings is 1. The van der Waals surface area contributed by atoms with E-state index in [1.54, 1.807) is 4.90 Å². The maximum atomic E-state index is 11.8. The average Bonchev–Trinajstić information content (AvgIpc) is 3.00. The molecule has 0 aliphatic carbocycles. The molecule has 134 valence electrons. The van der Waals surface area contributed by atoms with Crippen LogP contribution >= 0.6 is 0 Å². The lowest BCUT2D eigenvalue weighted by molar-refractivity contribution is 0.137. The number of hydrogen-bond donors (Lipinski definition) is 1.